The fraction of sp³-hybridized carbons (Fsp3) is 0.933. The van der Waals surface area contributed by atoms with Gasteiger partial charge >= 0.3 is 0 Å². The average molecular weight is 271 g/mol. The van der Waals surface area contributed by atoms with Crippen molar-refractivity contribution in [1.82, 2.24) is 5.32 Å². The summed E-state index contributed by atoms with van der Waals surface area (Å²) in [5.74, 6) is 0.700. The molecule has 112 valence electrons. The van der Waals surface area contributed by atoms with Gasteiger partial charge in [0.25, 0.3) is 0 Å². The Balaban J connectivity index is 2.19. The largest absolute Gasteiger partial charge is 0.396 e. The van der Waals surface area contributed by atoms with Crippen LogP contribution in [0.15, 0.2) is 0 Å². The van der Waals surface area contributed by atoms with Crippen LogP contribution in [0, 0.1) is 17.3 Å². The lowest BCUT2D eigenvalue weighted by Gasteiger charge is -2.27. The molecule has 1 saturated heterocycles. The molecule has 2 N–H and O–H groups in total. The van der Waals surface area contributed by atoms with E-state index in [9.17, 15) is 4.79 Å². The summed E-state index contributed by atoms with van der Waals surface area (Å²) in [7, 11) is 0. The SMILES string of the molecule is CC(C(=O)NCCCC(C)(C)CO)C1CCOCC1. The van der Waals surface area contributed by atoms with E-state index in [1.807, 2.05) is 20.8 Å². The highest BCUT2D eigenvalue weighted by atomic mass is 16.5. The van der Waals surface area contributed by atoms with Gasteiger partial charge in [0.05, 0.1) is 0 Å². The molecule has 0 aromatic rings. The zero-order chi connectivity index (χ0) is 14.3. The third-order valence-electron chi connectivity index (χ3n) is 4.14. The Morgan fingerprint density at radius 2 is 2.05 bits per heavy atom. The van der Waals surface area contributed by atoms with Crippen LogP contribution >= 0.6 is 0 Å². The highest BCUT2D eigenvalue weighted by molar-refractivity contribution is 5.78. The van der Waals surface area contributed by atoms with E-state index in [4.69, 9.17) is 9.84 Å². The number of rotatable bonds is 7. The molecule has 1 heterocycles. The first-order valence-corrected chi connectivity index (χ1v) is 7.42. The third-order valence-corrected chi connectivity index (χ3v) is 4.14. The second kappa shape index (κ2) is 7.85. The molecule has 1 fully saturated rings. The first-order valence-electron chi connectivity index (χ1n) is 7.42. The van der Waals surface area contributed by atoms with Crippen LogP contribution < -0.4 is 5.32 Å². The molecule has 0 aromatic heterocycles. The van der Waals surface area contributed by atoms with E-state index in [0.29, 0.717) is 12.5 Å². The van der Waals surface area contributed by atoms with Crippen LogP contribution in [0.3, 0.4) is 0 Å². The van der Waals surface area contributed by atoms with E-state index >= 15 is 0 Å². The van der Waals surface area contributed by atoms with E-state index in [0.717, 1.165) is 38.9 Å². The predicted octanol–water partition coefficient (Wildman–Crippen LogP) is 1.96. The third kappa shape index (κ3) is 5.91. The molecule has 1 rings (SSSR count). The molecule has 4 heteroatoms. The summed E-state index contributed by atoms with van der Waals surface area (Å²) in [6.07, 6.45) is 3.83. The van der Waals surface area contributed by atoms with Crippen molar-refractivity contribution < 1.29 is 14.6 Å². The van der Waals surface area contributed by atoms with Crippen molar-refractivity contribution in [3.63, 3.8) is 0 Å². The number of hydrogen-bond donors (Lipinski definition) is 2. The lowest BCUT2D eigenvalue weighted by atomic mass is 9.86. The Morgan fingerprint density at radius 3 is 2.63 bits per heavy atom. The summed E-state index contributed by atoms with van der Waals surface area (Å²) >= 11 is 0. The quantitative estimate of drug-likeness (QED) is 0.696. The minimum absolute atomic E-state index is 0.0446. The van der Waals surface area contributed by atoms with E-state index < -0.39 is 0 Å². The number of aliphatic hydroxyl groups excluding tert-OH is 1. The summed E-state index contributed by atoms with van der Waals surface area (Å²) in [4.78, 5) is 12.0. The highest BCUT2D eigenvalue weighted by Gasteiger charge is 2.25. The fourth-order valence-corrected chi connectivity index (χ4v) is 2.45. The molecule has 0 bridgehead atoms. The number of nitrogens with one attached hydrogen (secondary N) is 1. The van der Waals surface area contributed by atoms with Crippen LogP contribution in [0.1, 0.15) is 46.5 Å². The molecule has 19 heavy (non-hydrogen) atoms. The molecule has 1 aliphatic heterocycles. The maximum Gasteiger partial charge on any atom is 0.223 e. The second-order valence-electron chi connectivity index (χ2n) is 6.46. The van der Waals surface area contributed by atoms with E-state index in [2.05, 4.69) is 5.32 Å². The average Bonchev–Trinajstić information content (AvgIpc) is 2.43. The summed E-state index contributed by atoms with van der Waals surface area (Å²) < 4.78 is 5.32. The van der Waals surface area contributed by atoms with E-state index in [-0.39, 0.29) is 23.8 Å². The number of carbonyl (C=O) groups excluding carboxylic acids is 1. The van der Waals surface area contributed by atoms with Crippen LogP contribution in [-0.4, -0.2) is 37.4 Å². The molecule has 0 spiro atoms. The Labute approximate surface area is 116 Å². The summed E-state index contributed by atoms with van der Waals surface area (Å²) in [6, 6.07) is 0. The lowest BCUT2D eigenvalue weighted by molar-refractivity contribution is -0.127. The van der Waals surface area contributed by atoms with Gasteiger partial charge in [-0.2, -0.15) is 0 Å². The van der Waals surface area contributed by atoms with Gasteiger partial charge in [-0.3, -0.25) is 4.79 Å². The molecule has 0 saturated carbocycles. The zero-order valence-corrected chi connectivity index (χ0v) is 12.6. The van der Waals surface area contributed by atoms with Crippen LogP contribution in [-0.2, 0) is 9.53 Å². The summed E-state index contributed by atoms with van der Waals surface area (Å²) in [5.41, 5.74) is -0.0446. The van der Waals surface area contributed by atoms with Crippen molar-refractivity contribution in [2.24, 2.45) is 17.3 Å². The maximum absolute atomic E-state index is 12.0. The second-order valence-corrected chi connectivity index (χ2v) is 6.46. The highest BCUT2D eigenvalue weighted by Crippen LogP contribution is 2.24. The van der Waals surface area contributed by atoms with Crippen LogP contribution in [0.5, 0.6) is 0 Å². The molecular formula is C15H29NO3. The smallest absolute Gasteiger partial charge is 0.223 e. The van der Waals surface area contributed by atoms with Crippen molar-refractivity contribution in [2.75, 3.05) is 26.4 Å². The molecule has 1 unspecified atom stereocenters. The van der Waals surface area contributed by atoms with Crippen molar-refractivity contribution in [3.8, 4) is 0 Å². The van der Waals surface area contributed by atoms with Gasteiger partial charge < -0.3 is 15.2 Å². The molecule has 0 aliphatic carbocycles. The molecular weight excluding hydrogens is 242 g/mol. The first-order chi connectivity index (χ1) is 8.96. The van der Waals surface area contributed by atoms with Crippen molar-refractivity contribution in [3.05, 3.63) is 0 Å². The van der Waals surface area contributed by atoms with Gasteiger partial charge in [-0.25, -0.2) is 0 Å². The Hall–Kier alpha value is -0.610. The standard InChI is InChI=1S/C15H29NO3/c1-12(13-5-9-19-10-6-13)14(18)16-8-4-7-15(2,3)11-17/h12-13,17H,4-11H2,1-3H3,(H,16,18). The zero-order valence-electron chi connectivity index (χ0n) is 12.6. The molecule has 1 atom stereocenters. The van der Waals surface area contributed by atoms with Crippen molar-refractivity contribution in [2.45, 2.75) is 46.5 Å². The topological polar surface area (TPSA) is 58.6 Å². The molecule has 4 nitrogen and oxygen atoms in total. The number of aliphatic hydroxyl groups is 1. The van der Waals surface area contributed by atoms with Crippen LogP contribution in [0.25, 0.3) is 0 Å². The minimum Gasteiger partial charge on any atom is -0.396 e. The molecule has 1 amide bonds. The Bertz CT molecular complexity index is 273. The molecule has 0 radical (unpaired) electrons. The summed E-state index contributed by atoms with van der Waals surface area (Å²) in [6.45, 7) is 8.57. The number of amides is 1. The van der Waals surface area contributed by atoms with Gasteiger partial charge in [-0.05, 0) is 37.0 Å². The van der Waals surface area contributed by atoms with Crippen LogP contribution in [0.4, 0.5) is 0 Å². The van der Waals surface area contributed by atoms with Gasteiger partial charge in [0.1, 0.15) is 0 Å². The maximum atomic E-state index is 12.0. The number of ether oxygens (including phenoxy) is 1. The van der Waals surface area contributed by atoms with Crippen LogP contribution in [0.2, 0.25) is 0 Å². The summed E-state index contributed by atoms with van der Waals surface area (Å²) in [5, 5.41) is 12.2. The fourth-order valence-electron chi connectivity index (χ4n) is 2.45. The van der Waals surface area contributed by atoms with E-state index in [1.165, 1.54) is 0 Å². The predicted molar refractivity (Wildman–Crippen MR) is 75.8 cm³/mol. The Morgan fingerprint density at radius 1 is 1.42 bits per heavy atom. The minimum atomic E-state index is -0.0446. The normalized spacial score (nSPS) is 19.2. The first kappa shape index (κ1) is 16.4. The number of carbonyl (C=O) groups is 1. The van der Waals surface area contributed by atoms with E-state index in [1.54, 1.807) is 0 Å². The molecule has 1 aliphatic rings. The number of hydrogen-bond acceptors (Lipinski definition) is 3. The van der Waals surface area contributed by atoms with Crippen molar-refractivity contribution in [1.29, 1.82) is 0 Å². The Kier molecular flexibility index (Phi) is 6.80. The van der Waals surface area contributed by atoms with Crippen molar-refractivity contribution >= 4 is 5.91 Å². The monoisotopic (exact) mass is 271 g/mol. The van der Waals surface area contributed by atoms with Gasteiger partial charge in [0, 0.05) is 32.3 Å². The van der Waals surface area contributed by atoms with Gasteiger partial charge in [-0.15, -0.1) is 0 Å². The van der Waals surface area contributed by atoms with Gasteiger partial charge in [-0.1, -0.05) is 20.8 Å². The lowest BCUT2D eigenvalue weighted by Crippen LogP contribution is -2.36. The van der Waals surface area contributed by atoms with Gasteiger partial charge in [0.15, 0.2) is 0 Å². The van der Waals surface area contributed by atoms with Gasteiger partial charge in [0.2, 0.25) is 5.91 Å². The molecule has 0 aromatic carbocycles.